The number of likely N-dealkylation sites (N-methyl/N-ethyl adjacent to an activating group) is 1. The van der Waals surface area contributed by atoms with Crippen LogP contribution in [0.4, 0.5) is 0 Å². The second kappa shape index (κ2) is 4.62. The summed E-state index contributed by atoms with van der Waals surface area (Å²) < 4.78 is 5.71. The minimum atomic E-state index is 0.168. The maximum absolute atomic E-state index is 5.71. The number of hydrogen-bond acceptors (Lipinski definition) is 3. The van der Waals surface area contributed by atoms with Crippen molar-refractivity contribution >= 4 is 0 Å². The third kappa shape index (κ3) is 2.48. The Labute approximate surface area is 90.9 Å². The molecule has 1 aliphatic rings. The van der Waals surface area contributed by atoms with Gasteiger partial charge in [-0.05, 0) is 38.8 Å². The molecule has 0 aliphatic heterocycles. The lowest BCUT2D eigenvalue weighted by Crippen LogP contribution is -2.26. The molecule has 0 saturated heterocycles. The van der Waals surface area contributed by atoms with E-state index in [4.69, 9.17) is 4.74 Å². The number of fused-ring (bicyclic) bond motifs is 1. The molecule has 3 nitrogen and oxygen atoms in total. The highest BCUT2D eigenvalue weighted by Gasteiger charge is 2.13. The van der Waals surface area contributed by atoms with Crippen molar-refractivity contribution in [1.82, 2.24) is 10.3 Å². The predicted octanol–water partition coefficient (Wildman–Crippen LogP) is 1.56. The largest absolute Gasteiger partial charge is 0.473 e. The highest BCUT2D eigenvalue weighted by molar-refractivity contribution is 5.29. The van der Waals surface area contributed by atoms with Crippen LogP contribution in [0.15, 0.2) is 12.1 Å². The van der Waals surface area contributed by atoms with E-state index in [-0.39, 0.29) is 6.10 Å². The Morgan fingerprint density at radius 1 is 1.47 bits per heavy atom. The van der Waals surface area contributed by atoms with Crippen molar-refractivity contribution in [3.63, 3.8) is 0 Å². The lowest BCUT2D eigenvalue weighted by Gasteiger charge is -2.13. The molecule has 1 aromatic rings. The summed E-state index contributed by atoms with van der Waals surface area (Å²) in [6, 6.07) is 4.13. The SMILES string of the molecule is CNCC(C)Oc1ccc2c(n1)CCC2. The van der Waals surface area contributed by atoms with Gasteiger partial charge in [-0.2, -0.15) is 0 Å². The van der Waals surface area contributed by atoms with Crippen molar-refractivity contribution < 1.29 is 4.74 Å². The Kier molecular flexibility index (Phi) is 3.21. The molecule has 1 atom stereocenters. The van der Waals surface area contributed by atoms with E-state index in [9.17, 15) is 0 Å². The van der Waals surface area contributed by atoms with Crippen LogP contribution in [0.1, 0.15) is 24.6 Å². The predicted molar refractivity (Wildman–Crippen MR) is 60.3 cm³/mol. The number of aryl methyl sites for hydroxylation is 2. The second-order valence-electron chi connectivity index (χ2n) is 4.10. The normalized spacial score (nSPS) is 16.1. The van der Waals surface area contributed by atoms with Gasteiger partial charge in [0.15, 0.2) is 0 Å². The van der Waals surface area contributed by atoms with Crippen LogP contribution in [0, 0.1) is 0 Å². The summed E-state index contributed by atoms with van der Waals surface area (Å²) in [5.41, 5.74) is 2.62. The standard InChI is InChI=1S/C12H18N2O/c1-9(8-13-2)15-12-7-6-10-4-3-5-11(10)14-12/h6-7,9,13H,3-5,8H2,1-2H3. The van der Waals surface area contributed by atoms with Crippen molar-refractivity contribution in [3.8, 4) is 5.88 Å². The molecule has 0 aromatic carbocycles. The first kappa shape index (κ1) is 10.4. The molecule has 0 amide bonds. The van der Waals surface area contributed by atoms with Crippen molar-refractivity contribution in [1.29, 1.82) is 0 Å². The van der Waals surface area contributed by atoms with Crippen LogP contribution in [0.5, 0.6) is 5.88 Å². The van der Waals surface area contributed by atoms with E-state index in [0.29, 0.717) is 0 Å². The zero-order chi connectivity index (χ0) is 10.7. The van der Waals surface area contributed by atoms with Crippen LogP contribution in [0.3, 0.4) is 0 Å². The molecule has 0 saturated carbocycles. The van der Waals surface area contributed by atoms with E-state index in [0.717, 1.165) is 18.8 Å². The lowest BCUT2D eigenvalue weighted by molar-refractivity contribution is 0.211. The van der Waals surface area contributed by atoms with Gasteiger partial charge in [-0.15, -0.1) is 0 Å². The van der Waals surface area contributed by atoms with E-state index < -0.39 is 0 Å². The third-order valence-electron chi connectivity index (χ3n) is 2.72. The van der Waals surface area contributed by atoms with Crippen molar-refractivity contribution in [2.24, 2.45) is 0 Å². The van der Waals surface area contributed by atoms with Crippen molar-refractivity contribution in [2.75, 3.05) is 13.6 Å². The zero-order valence-electron chi connectivity index (χ0n) is 9.42. The number of pyridine rings is 1. The van der Waals surface area contributed by atoms with Crippen molar-refractivity contribution in [2.45, 2.75) is 32.3 Å². The Morgan fingerprint density at radius 3 is 3.13 bits per heavy atom. The molecule has 15 heavy (non-hydrogen) atoms. The minimum absolute atomic E-state index is 0.168. The van der Waals surface area contributed by atoms with E-state index in [1.807, 2.05) is 20.0 Å². The van der Waals surface area contributed by atoms with Crippen LogP contribution >= 0.6 is 0 Å². The molecule has 0 bridgehead atoms. The third-order valence-corrected chi connectivity index (χ3v) is 2.72. The van der Waals surface area contributed by atoms with E-state index in [2.05, 4.69) is 16.4 Å². The molecular formula is C12H18N2O. The fraction of sp³-hybridized carbons (Fsp3) is 0.583. The van der Waals surface area contributed by atoms with Gasteiger partial charge in [-0.1, -0.05) is 6.07 Å². The first-order valence-corrected chi connectivity index (χ1v) is 5.59. The smallest absolute Gasteiger partial charge is 0.213 e. The number of nitrogens with zero attached hydrogens (tertiary/aromatic N) is 1. The number of nitrogens with one attached hydrogen (secondary N) is 1. The Bertz CT molecular complexity index is 338. The summed E-state index contributed by atoms with van der Waals surface area (Å²) >= 11 is 0. The molecule has 0 radical (unpaired) electrons. The Morgan fingerprint density at radius 2 is 2.33 bits per heavy atom. The summed E-state index contributed by atoms with van der Waals surface area (Å²) in [6.07, 6.45) is 3.68. The highest BCUT2D eigenvalue weighted by Crippen LogP contribution is 2.22. The van der Waals surface area contributed by atoms with Gasteiger partial charge >= 0.3 is 0 Å². The molecule has 0 spiro atoms. The summed E-state index contributed by atoms with van der Waals surface area (Å²) in [7, 11) is 1.93. The van der Waals surface area contributed by atoms with Gasteiger partial charge in [-0.3, -0.25) is 0 Å². The fourth-order valence-corrected chi connectivity index (χ4v) is 2.00. The highest BCUT2D eigenvalue weighted by atomic mass is 16.5. The summed E-state index contributed by atoms with van der Waals surface area (Å²) in [5, 5.41) is 3.09. The average Bonchev–Trinajstić information content (AvgIpc) is 2.65. The zero-order valence-corrected chi connectivity index (χ0v) is 9.42. The van der Waals surface area contributed by atoms with Gasteiger partial charge in [0.05, 0.1) is 0 Å². The quantitative estimate of drug-likeness (QED) is 0.811. The maximum Gasteiger partial charge on any atom is 0.213 e. The van der Waals surface area contributed by atoms with E-state index in [1.54, 1.807) is 0 Å². The van der Waals surface area contributed by atoms with Crippen molar-refractivity contribution in [3.05, 3.63) is 23.4 Å². The van der Waals surface area contributed by atoms with E-state index in [1.165, 1.54) is 24.1 Å². The van der Waals surface area contributed by atoms with Gasteiger partial charge in [0, 0.05) is 18.3 Å². The molecule has 1 N–H and O–H groups in total. The first-order valence-electron chi connectivity index (χ1n) is 5.59. The molecule has 1 aliphatic carbocycles. The fourth-order valence-electron chi connectivity index (χ4n) is 2.00. The molecule has 82 valence electrons. The number of ether oxygens (including phenoxy) is 1. The van der Waals surface area contributed by atoms with E-state index >= 15 is 0 Å². The van der Waals surface area contributed by atoms with Gasteiger partial charge in [-0.25, -0.2) is 4.98 Å². The summed E-state index contributed by atoms with van der Waals surface area (Å²) in [6.45, 7) is 2.89. The molecule has 1 aromatic heterocycles. The monoisotopic (exact) mass is 206 g/mol. The molecular weight excluding hydrogens is 188 g/mol. The number of hydrogen-bond donors (Lipinski definition) is 1. The molecule has 2 rings (SSSR count). The molecule has 3 heteroatoms. The average molecular weight is 206 g/mol. The summed E-state index contributed by atoms with van der Waals surface area (Å²) in [4.78, 5) is 4.53. The van der Waals surface area contributed by atoms with Gasteiger partial charge in [0.25, 0.3) is 0 Å². The number of aromatic nitrogens is 1. The van der Waals surface area contributed by atoms with Crippen LogP contribution in [0.25, 0.3) is 0 Å². The van der Waals surface area contributed by atoms with Crippen LogP contribution in [-0.2, 0) is 12.8 Å². The van der Waals surface area contributed by atoms with Crippen LogP contribution < -0.4 is 10.1 Å². The number of rotatable bonds is 4. The van der Waals surface area contributed by atoms with Gasteiger partial charge in [0.2, 0.25) is 5.88 Å². The maximum atomic E-state index is 5.71. The Hall–Kier alpha value is -1.09. The Balaban J connectivity index is 2.03. The molecule has 0 fully saturated rings. The van der Waals surface area contributed by atoms with Gasteiger partial charge in [0.1, 0.15) is 6.10 Å². The van der Waals surface area contributed by atoms with Gasteiger partial charge < -0.3 is 10.1 Å². The lowest BCUT2D eigenvalue weighted by atomic mass is 10.2. The first-order chi connectivity index (χ1) is 7.29. The molecule has 1 heterocycles. The summed E-state index contributed by atoms with van der Waals surface area (Å²) in [5.74, 6) is 0.762. The minimum Gasteiger partial charge on any atom is -0.473 e. The topological polar surface area (TPSA) is 34.1 Å². The van der Waals surface area contributed by atoms with Crippen LogP contribution in [0.2, 0.25) is 0 Å². The second-order valence-corrected chi connectivity index (χ2v) is 4.10. The van der Waals surface area contributed by atoms with Crippen LogP contribution in [-0.4, -0.2) is 24.7 Å². The molecule has 1 unspecified atom stereocenters.